The van der Waals surface area contributed by atoms with Crippen LogP contribution in [0.3, 0.4) is 0 Å². The Bertz CT molecular complexity index is 509. The molecule has 15 heteroatoms. The molecule has 0 aromatic heterocycles. The smallest absolute Gasteiger partial charge is 0.384 e. The fourth-order valence-corrected chi connectivity index (χ4v) is 2.06. The number of carbonyl (C=O) groups excluding carboxylic acids is 1. The minimum Gasteiger partial charge on any atom is -0.465 e. The maximum Gasteiger partial charge on any atom is 0.384 e. The quantitative estimate of drug-likeness (QED) is 0.251. The molecule has 0 spiro atoms. The molecular weight excluding hydrogens is 435 g/mol. The van der Waals surface area contributed by atoms with Crippen molar-refractivity contribution in [1.82, 2.24) is 0 Å². The van der Waals surface area contributed by atoms with Crippen molar-refractivity contribution < 1.29 is 62.2 Å². The van der Waals surface area contributed by atoms with Crippen molar-refractivity contribution in [1.29, 1.82) is 0 Å². The molecule has 0 fully saturated rings. The fraction of sp³-hybridized carbons (Fsp3) is 0.917. The summed E-state index contributed by atoms with van der Waals surface area (Å²) in [6, 6.07) is 0. The predicted octanol–water partition coefficient (Wildman–Crippen LogP) is 5.06. The Hall–Kier alpha value is -0.940. The standard InChI is InChI=1S/C12H13F12O2P/c1-2-27-5-6(25)26-4-3-8(15,16)10(19,20)12(23,24)11(21,22)9(17,18)7(13)14/h7,27H,2-5H2,1H3. The molecule has 0 amide bonds. The van der Waals surface area contributed by atoms with Crippen LogP contribution in [0.15, 0.2) is 0 Å². The van der Waals surface area contributed by atoms with E-state index in [4.69, 9.17) is 0 Å². The molecule has 162 valence electrons. The predicted molar refractivity (Wildman–Crippen MR) is 70.0 cm³/mol. The van der Waals surface area contributed by atoms with Gasteiger partial charge >= 0.3 is 42.0 Å². The summed E-state index contributed by atoms with van der Waals surface area (Å²) in [6.45, 7) is 0.000369. The van der Waals surface area contributed by atoms with Crippen LogP contribution >= 0.6 is 8.58 Å². The molecule has 0 aromatic rings. The summed E-state index contributed by atoms with van der Waals surface area (Å²) in [6.07, 6.45) is -7.81. The number of ether oxygens (including phenoxy) is 1. The number of hydrogen-bond acceptors (Lipinski definition) is 2. The lowest BCUT2D eigenvalue weighted by molar-refractivity contribution is -0.413. The third-order valence-corrected chi connectivity index (χ3v) is 4.18. The van der Waals surface area contributed by atoms with E-state index in [1.54, 1.807) is 6.92 Å². The Morgan fingerprint density at radius 1 is 0.889 bits per heavy atom. The van der Waals surface area contributed by atoms with Crippen molar-refractivity contribution in [2.45, 2.75) is 49.4 Å². The Balaban J connectivity index is 5.45. The van der Waals surface area contributed by atoms with Crippen LogP contribution in [0.1, 0.15) is 13.3 Å². The van der Waals surface area contributed by atoms with Crippen LogP contribution < -0.4 is 0 Å². The monoisotopic (exact) mass is 448 g/mol. The van der Waals surface area contributed by atoms with Gasteiger partial charge in [0.25, 0.3) is 0 Å². The van der Waals surface area contributed by atoms with Crippen LogP contribution in [0.25, 0.3) is 0 Å². The van der Waals surface area contributed by atoms with Crippen LogP contribution in [-0.2, 0) is 9.53 Å². The molecule has 2 nitrogen and oxygen atoms in total. The molecular formula is C12H13F12O2P. The van der Waals surface area contributed by atoms with Crippen molar-refractivity contribution >= 4 is 14.6 Å². The van der Waals surface area contributed by atoms with Crippen molar-refractivity contribution in [2.75, 3.05) is 18.9 Å². The average Bonchev–Trinajstić information content (AvgIpc) is 2.51. The van der Waals surface area contributed by atoms with Crippen LogP contribution in [0.4, 0.5) is 52.7 Å². The molecule has 0 aliphatic heterocycles. The van der Waals surface area contributed by atoms with Gasteiger partial charge in [-0.2, -0.15) is 43.9 Å². The van der Waals surface area contributed by atoms with Gasteiger partial charge in [0.05, 0.1) is 19.2 Å². The second-order valence-electron chi connectivity index (χ2n) is 5.10. The fourth-order valence-electron chi connectivity index (χ4n) is 1.50. The van der Waals surface area contributed by atoms with E-state index in [1.165, 1.54) is 0 Å². The summed E-state index contributed by atoms with van der Waals surface area (Å²) in [4.78, 5) is 11.0. The first kappa shape index (κ1) is 26.1. The van der Waals surface area contributed by atoms with E-state index < -0.39 is 55.0 Å². The normalized spacial score (nSPS) is 15.0. The molecule has 0 aromatic carbocycles. The summed E-state index contributed by atoms with van der Waals surface area (Å²) in [5, 5.41) is 0. The van der Waals surface area contributed by atoms with E-state index in [9.17, 15) is 57.5 Å². The summed E-state index contributed by atoms with van der Waals surface area (Å²) in [5.74, 6) is -36.5. The lowest BCUT2D eigenvalue weighted by Gasteiger charge is -2.39. The molecule has 0 saturated carbocycles. The van der Waals surface area contributed by atoms with Gasteiger partial charge in [-0.1, -0.05) is 6.92 Å². The second kappa shape index (κ2) is 8.60. The minimum atomic E-state index is -7.56. The number of halogens is 12. The highest BCUT2D eigenvalue weighted by atomic mass is 31.1. The highest BCUT2D eigenvalue weighted by molar-refractivity contribution is 7.39. The summed E-state index contributed by atoms with van der Waals surface area (Å²) in [7, 11) is -0.0274. The molecule has 0 N–H and O–H groups in total. The molecule has 0 heterocycles. The van der Waals surface area contributed by atoms with Gasteiger partial charge in [0.2, 0.25) is 0 Å². The Morgan fingerprint density at radius 3 is 1.78 bits per heavy atom. The molecule has 0 bridgehead atoms. The van der Waals surface area contributed by atoms with E-state index in [1.807, 2.05) is 0 Å². The maximum atomic E-state index is 13.3. The number of hydrogen-bond donors (Lipinski definition) is 0. The van der Waals surface area contributed by atoms with Gasteiger partial charge < -0.3 is 4.74 Å². The number of alkyl halides is 12. The first-order chi connectivity index (χ1) is 11.9. The van der Waals surface area contributed by atoms with Gasteiger partial charge in [-0.05, 0) is 6.16 Å². The molecule has 0 radical (unpaired) electrons. The first-order valence-electron chi connectivity index (χ1n) is 6.93. The minimum absolute atomic E-state index is 0.0274. The van der Waals surface area contributed by atoms with Crippen molar-refractivity contribution in [3.05, 3.63) is 0 Å². The summed E-state index contributed by atoms with van der Waals surface area (Å²) >= 11 is 0. The zero-order valence-electron chi connectivity index (χ0n) is 13.3. The van der Waals surface area contributed by atoms with Gasteiger partial charge in [-0.15, -0.1) is 8.58 Å². The van der Waals surface area contributed by atoms with Gasteiger partial charge in [-0.3, -0.25) is 4.79 Å². The highest BCUT2D eigenvalue weighted by Gasteiger charge is 2.87. The van der Waals surface area contributed by atoms with E-state index in [2.05, 4.69) is 4.74 Å². The van der Waals surface area contributed by atoms with Crippen LogP contribution in [0.2, 0.25) is 0 Å². The largest absolute Gasteiger partial charge is 0.465 e. The van der Waals surface area contributed by atoms with Gasteiger partial charge in [-0.25, -0.2) is 8.78 Å². The summed E-state index contributed by atoms with van der Waals surface area (Å²) in [5.41, 5.74) is 0. The molecule has 1 atom stereocenters. The lowest BCUT2D eigenvalue weighted by Crippen LogP contribution is -2.68. The Morgan fingerprint density at radius 2 is 1.37 bits per heavy atom. The maximum absolute atomic E-state index is 13.3. The third kappa shape index (κ3) is 4.92. The lowest BCUT2D eigenvalue weighted by atomic mass is 9.93. The van der Waals surface area contributed by atoms with Crippen LogP contribution in [-0.4, -0.2) is 60.9 Å². The average molecular weight is 448 g/mol. The van der Waals surface area contributed by atoms with E-state index in [-0.39, 0.29) is 14.7 Å². The first-order valence-corrected chi connectivity index (χ1v) is 8.35. The van der Waals surface area contributed by atoms with Crippen LogP contribution in [0.5, 0.6) is 0 Å². The zero-order valence-corrected chi connectivity index (χ0v) is 14.3. The van der Waals surface area contributed by atoms with Crippen LogP contribution in [0, 0.1) is 0 Å². The highest BCUT2D eigenvalue weighted by Crippen LogP contribution is 2.58. The second-order valence-corrected chi connectivity index (χ2v) is 6.66. The SMILES string of the molecule is CCPCC(=O)OCCC(F)(F)C(F)(F)C(F)(F)C(F)(F)C(F)(F)C(F)F. The van der Waals surface area contributed by atoms with E-state index in [0.717, 1.165) is 0 Å². The Labute approximate surface area is 146 Å². The number of carbonyl (C=O) groups is 1. The number of rotatable bonds is 11. The van der Waals surface area contributed by atoms with Gasteiger partial charge in [0, 0.05) is 0 Å². The van der Waals surface area contributed by atoms with Gasteiger partial charge in [0.1, 0.15) is 0 Å². The zero-order chi connectivity index (χ0) is 21.9. The number of esters is 1. The van der Waals surface area contributed by atoms with Crippen molar-refractivity contribution in [3.63, 3.8) is 0 Å². The molecule has 0 aliphatic carbocycles. The topological polar surface area (TPSA) is 26.3 Å². The molecule has 1 unspecified atom stereocenters. The van der Waals surface area contributed by atoms with Crippen molar-refractivity contribution in [2.24, 2.45) is 0 Å². The molecule has 0 aliphatic rings. The molecule has 27 heavy (non-hydrogen) atoms. The van der Waals surface area contributed by atoms with Gasteiger partial charge in [0.15, 0.2) is 0 Å². The third-order valence-electron chi connectivity index (χ3n) is 3.14. The molecule has 0 saturated heterocycles. The van der Waals surface area contributed by atoms with E-state index in [0.29, 0.717) is 6.16 Å². The Kier molecular flexibility index (Phi) is 8.31. The van der Waals surface area contributed by atoms with E-state index >= 15 is 0 Å². The molecule has 0 rings (SSSR count). The summed E-state index contributed by atoms with van der Waals surface area (Å²) < 4.78 is 159. The van der Waals surface area contributed by atoms with Crippen molar-refractivity contribution in [3.8, 4) is 0 Å².